The van der Waals surface area contributed by atoms with Crippen LogP contribution in [0.1, 0.15) is 43.5 Å². The maximum atomic E-state index is 13.6. The van der Waals surface area contributed by atoms with Gasteiger partial charge in [-0.05, 0) is 55.0 Å². The molecule has 0 aliphatic carbocycles. The van der Waals surface area contributed by atoms with Gasteiger partial charge < -0.3 is 24.8 Å². The number of carbonyl (C=O) groups excluding carboxylic acids is 1. The Morgan fingerprint density at radius 1 is 1.13 bits per heavy atom. The zero-order valence-electron chi connectivity index (χ0n) is 26.0. The molecule has 238 valence electrons. The van der Waals surface area contributed by atoms with E-state index in [0.717, 1.165) is 59.5 Å². The highest BCUT2D eigenvalue weighted by atomic mass is 19.1. The molecule has 0 amide bonds. The number of anilines is 2. The Labute approximate surface area is 261 Å². The molecule has 0 radical (unpaired) electrons. The van der Waals surface area contributed by atoms with Gasteiger partial charge in [-0.25, -0.2) is 18.9 Å². The maximum absolute atomic E-state index is 13.6. The Balaban J connectivity index is 1.13. The minimum atomic E-state index is -0.421. The molecule has 0 bridgehead atoms. The van der Waals surface area contributed by atoms with E-state index in [4.69, 9.17) is 15.5 Å². The topological polar surface area (TPSA) is 127 Å². The average molecular weight is 617 g/mol. The number of fused-ring (bicyclic) bond motifs is 1. The maximum Gasteiger partial charge on any atom is 0.261 e. The van der Waals surface area contributed by atoms with Gasteiger partial charge in [-0.3, -0.25) is 14.9 Å². The highest BCUT2D eigenvalue weighted by molar-refractivity contribution is 5.83. The van der Waals surface area contributed by atoms with Crippen molar-refractivity contribution in [1.82, 2.24) is 24.4 Å². The molecule has 11 nitrogen and oxygen atoms in total. The minimum absolute atomic E-state index is 0.0580. The standard InChI is InChI=1S/C33H41FN8O3/c1-21(2)18-25(35)30-31(45-30)37-19-29(44)42-28(43)12-15-36-32(42)39(3)24-13-16-40(17-14-24)33-38-26-6-4-5-7-27(26)41(33)20-22-8-10-23(34)11-9-22/h4-12,15,21,24-25,30-31,37H,13-14,16-20,35H2,1-3H3. The zero-order chi connectivity index (χ0) is 31.7. The Morgan fingerprint density at radius 3 is 2.60 bits per heavy atom. The van der Waals surface area contributed by atoms with Crippen LogP contribution in [0.25, 0.3) is 11.0 Å². The molecule has 2 aromatic heterocycles. The number of aromatic nitrogens is 4. The molecule has 2 aliphatic heterocycles. The van der Waals surface area contributed by atoms with Crippen molar-refractivity contribution < 1.29 is 13.9 Å². The summed E-state index contributed by atoms with van der Waals surface area (Å²) in [7, 11) is 1.88. The van der Waals surface area contributed by atoms with E-state index in [9.17, 15) is 14.0 Å². The number of rotatable bonds is 11. The quantitative estimate of drug-likeness (QED) is 0.244. The molecule has 2 aliphatic rings. The summed E-state index contributed by atoms with van der Waals surface area (Å²) < 4.78 is 22.5. The molecule has 4 aromatic rings. The number of epoxide rings is 1. The minimum Gasteiger partial charge on any atom is -0.352 e. The number of imidazole rings is 1. The van der Waals surface area contributed by atoms with Gasteiger partial charge in [0.1, 0.15) is 18.1 Å². The first-order valence-electron chi connectivity index (χ1n) is 15.6. The van der Waals surface area contributed by atoms with Gasteiger partial charge in [0.05, 0.1) is 24.1 Å². The Morgan fingerprint density at radius 2 is 1.87 bits per heavy atom. The molecule has 3 unspecified atom stereocenters. The summed E-state index contributed by atoms with van der Waals surface area (Å²) >= 11 is 0. The van der Waals surface area contributed by atoms with E-state index in [2.05, 4.69) is 39.7 Å². The number of nitrogens with two attached hydrogens (primary N) is 1. The molecule has 0 spiro atoms. The molecule has 4 heterocycles. The van der Waals surface area contributed by atoms with E-state index < -0.39 is 11.5 Å². The molecule has 6 rings (SSSR count). The number of ether oxygens (including phenoxy) is 1. The number of carbonyl (C=O) groups is 1. The van der Waals surface area contributed by atoms with E-state index in [-0.39, 0.29) is 36.8 Å². The van der Waals surface area contributed by atoms with Gasteiger partial charge >= 0.3 is 0 Å². The molecular weight excluding hydrogens is 575 g/mol. The number of piperidine rings is 1. The van der Waals surface area contributed by atoms with Crippen molar-refractivity contribution >= 4 is 28.8 Å². The molecule has 3 atom stereocenters. The summed E-state index contributed by atoms with van der Waals surface area (Å²) in [4.78, 5) is 39.8. The fourth-order valence-corrected chi connectivity index (χ4v) is 6.29. The lowest BCUT2D eigenvalue weighted by Crippen LogP contribution is -2.47. The van der Waals surface area contributed by atoms with E-state index >= 15 is 0 Å². The molecule has 3 N–H and O–H groups in total. The molecular formula is C33H41FN8O3. The van der Waals surface area contributed by atoms with Crippen molar-refractivity contribution in [1.29, 1.82) is 0 Å². The van der Waals surface area contributed by atoms with Crippen LogP contribution in [0.15, 0.2) is 65.6 Å². The van der Waals surface area contributed by atoms with Crippen molar-refractivity contribution in [3.63, 3.8) is 0 Å². The van der Waals surface area contributed by atoms with Crippen LogP contribution in [0.5, 0.6) is 0 Å². The summed E-state index contributed by atoms with van der Waals surface area (Å²) in [6, 6.07) is 15.8. The Bertz CT molecular complexity index is 1700. The Kier molecular flexibility index (Phi) is 8.97. The summed E-state index contributed by atoms with van der Waals surface area (Å²) in [6.45, 7) is 6.18. The number of hydrogen-bond acceptors (Lipinski definition) is 9. The molecule has 45 heavy (non-hydrogen) atoms. The fourth-order valence-electron chi connectivity index (χ4n) is 6.29. The first-order valence-corrected chi connectivity index (χ1v) is 15.6. The van der Waals surface area contributed by atoms with Crippen LogP contribution in [0.4, 0.5) is 16.3 Å². The van der Waals surface area contributed by atoms with Gasteiger partial charge in [0, 0.05) is 44.5 Å². The van der Waals surface area contributed by atoms with Crippen molar-refractivity contribution in [2.75, 3.05) is 36.5 Å². The lowest BCUT2D eigenvalue weighted by atomic mass is 10.0. The van der Waals surface area contributed by atoms with Crippen molar-refractivity contribution in [3.05, 3.63) is 82.5 Å². The van der Waals surface area contributed by atoms with Crippen molar-refractivity contribution in [3.8, 4) is 0 Å². The van der Waals surface area contributed by atoms with Crippen LogP contribution >= 0.6 is 0 Å². The van der Waals surface area contributed by atoms with Gasteiger partial charge in [0.15, 0.2) is 0 Å². The smallest absolute Gasteiger partial charge is 0.261 e. The predicted octanol–water partition coefficient (Wildman–Crippen LogP) is 3.21. The number of benzene rings is 2. The van der Waals surface area contributed by atoms with Gasteiger partial charge in [-0.1, -0.05) is 38.1 Å². The first kappa shape index (κ1) is 30.9. The third kappa shape index (κ3) is 6.77. The number of halogens is 1. The highest BCUT2D eigenvalue weighted by Gasteiger charge is 2.43. The van der Waals surface area contributed by atoms with Crippen LogP contribution in [-0.4, -0.2) is 76.1 Å². The van der Waals surface area contributed by atoms with Gasteiger partial charge in [-0.15, -0.1) is 0 Å². The van der Waals surface area contributed by atoms with Crippen molar-refractivity contribution in [2.45, 2.75) is 64.1 Å². The van der Waals surface area contributed by atoms with E-state index in [0.29, 0.717) is 18.4 Å². The summed E-state index contributed by atoms with van der Waals surface area (Å²) in [5, 5.41) is 3.10. The summed E-state index contributed by atoms with van der Waals surface area (Å²) in [5.41, 5.74) is 8.72. The fraction of sp³-hybridized carbons (Fsp3) is 0.455. The second-order valence-corrected chi connectivity index (χ2v) is 12.5. The SMILES string of the molecule is CC(C)CC(N)C1OC1NCC(=O)n1c(N(C)C2CCN(c3nc4ccccc4n3Cc3ccc(F)cc3)CC2)nccc1=O. The van der Waals surface area contributed by atoms with Crippen LogP contribution in [0.2, 0.25) is 0 Å². The highest BCUT2D eigenvalue weighted by Crippen LogP contribution is 2.29. The lowest BCUT2D eigenvalue weighted by molar-refractivity contribution is 0.0903. The molecule has 2 fully saturated rings. The number of nitrogens with zero attached hydrogens (tertiary/aromatic N) is 6. The summed E-state index contributed by atoms with van der Waals surface area (Å²) in [6.07, 6.45) is 3.40. The van der Waals surface area contributed by atoms with E-state index in [1.165, 1.54) is 24.4 Å². The van der Waals surface area contributed by atoms with E-state index in [1.54, 1.807) is 12.1 Å². The van der Waals surface area contributed by atoms with Gasteiger partial charge in [-0.2, -0.15) is 0 Å². The van der Waals surface area contributed by atoms with Crippen LogP contribution in [0.3, 0.4) is 0 Å². The predicted molar refractivity (Wildman–Crippen MR) is 172 cm³/mol. The third-order valence-electron chi connectivity index (χ3n) is 8.72. The van der Waals surface area contributed by atoms with Crippen molar-refractivity contribution in [2.24, 2.45) is 11.7 Å². The third-order valence-corrected chi connectivity index (χ3v) is 8.72. The monoisotopic (exact) mass is 616 g/mol. The lowest BCUT2D eigenvalue weighted by Gasteiger charge is -2.38. The molecule has 0 saturated carbocycles. The Hall–Kier alpha value is -4.13. The molecule has 2 aromatic carbocycles. The van der Waals surface area contributed by atoms with Crippen LogP contribution in [0, 0.1) is 11.7 Å². The van der Waals surface area contributed by atoms with Crippen LogP contribution in [-0.2, 0) is 11.3 Å². The second kappa shape index (κ2) is 13.1. The largest absolute Gasteiger partial charge is 0.352 e. The summed E-state index contributed by atoms with van der Waals surface area (Å²) in [5.74, 6) is 0.985. The number of hydrogen-bond donors (Lipinski definition) is 2. The normalized spacial score (nSPS) is 19.3. The number of para-hydroxylation sites is 2. The van der Waals surface area contributed by atoms with Gasteiger partial charge in [0.2, 0.25) is 17.8 Å². The first-order chi connectivity index (χ1) is 21.7. The zero-order valence-corrected chi connectivity index (χ0v) is 26.0. The average Bonchev–Trinajstić information content (AvgIpc) is 3.74. The van der Waals surface area contributed by atoms with E-state index in [1.807, 2.05) is 30.1 Å². The molecule has 12 heteroatoms. The van der Waals surface area contributed by atoms with Crippen LogP contribution < -0.4 is 26.4 Å². The number of nitrogens with one attached hydrogen (secondary N) is 1. The second-order valence-electron chi connectivity index (χ2n) is 12.5. The van der Waals surface area contributed by atoms with Gasteiger partial charge in [0.25, 0.3) is 5.56 Å². The molecule has 2 saturated heterocycles.